The summed E-state index contributed by atoms with van der Waals surface area (Å²) >= 11 is 0. The number of carbonyl (C=O) groups excluding carboxylic acids is 2. The van der Waals surface area contributed by atoms with Gasteiger partial charge in [-0.25, -0.2) is 0 Å². The summed E-state index contributed by atoms with van der Waals surface area (Å²) in [5.41, 5.74) is -0.934. The number of benzene rings is 2. The summed E-state index contributed by atoms with van der Waals surface area (Å²) in [7, 11) is 2.47. The molecular weight excluding hydrogens is 320 g/mol. The molecule has 3 rings (SSSR count). The zero-order valence-electron chi connectivity index (χ0n) is 14.0. The van der Waals surface area contributed by atoms with Gasteiger partial charge in [0.1, 0.15) is 12.2 Å². The van der Waals surface area contributed by atoms with E-state index < -0.39 is 29.6 Å². The van der Waals surface area contributed by atoms with Crippen molar-refractivity contribution < 1.29 is 23.8 Å². The lowest BCUT2D eigenvalue weighted by atomic mass is 9.76. The van der Waals surface area contributed by atoms with Gasteiger partial charge in [-0.3, -0.25) is 9.59 Å². The monoisotopic (exact) mass is 338 g/mol. The van der Waals surface area contributed by atoms with Gasteiger partial charge in [0.15, 0.2) is 5.41 Å². The molecule has 0 saturated carbocycles. The molecular formula is C20H18O5. The molecule has 0 bridgehead atoms. The molecule has 2 aromatic carbocycles. The molecule has 0 aromatic heterocycles. The number of terminal acetylenes is 1. The number of hydrogen-bond acceptors (Lipinski definition) is 5. The van der Waals surface area contributed by atoms with Gasteiger partial charge in [0, 0.05) is 6.42 Å². The van der Waals surface area contributed by atoms with Crippen LogP contribution in [0.2, 0.25) is 0 Å². The second-order valence-corrected chi connectivity index (χ2v) is 5.90. The molecule has 5 heteroatoms. The Kier molecular flexibility index (Phi) is 4.47. The van der Waals surface area contributed by atoms with Crippen molar-refractivity contribution in [2.75, 3.05) is 14.2 Å². The molecule has 0 amide bonds. The number of ether oxygens (including phenoxy) is 3. The first kappa shape index (κ1) is 17.0. The van der Waals surface area contributed by atoms with Crippen molar-refractivity contribution in [2.24, 2.45) is 5.41 Å². The second kappa shape index (κ2) is 6.58. The highest BCUT2D eigenvalue weighted by molar-refractivity contribution is 6.02. The molecule has 1 fully saturated rings. The van der Waals surface area contributed by atoms with Crippen molar-refractivity contribution in [3.05, 3.63) is 48.0 Å². The van der Waals surface area contributed by atoms with Crippen LogP contribution >= 0.6 is 0 Å². The Balaban J connectivity index is 2.24. The predicted octanol–water partition coefficient (Wildman–Crippen LogP) is 2.64. The largest absolute Gasteiger partial charge is 0.468 e. The average molecular weight is 338 g/mol. The average Bonchev–Trinajstić information content (AvgIpc) is 3.07. The van der Waals surface area contributed by atoms with Gasteiger partial charge < -0.3 is 14.2 Å². The minimum absolute atomic E-state index is 0.0106. The molecule has 128 valence electrons. The van der Waals surface area contributed by atoms with Crippen LogP contribution in [-0.2, 0) is 23.8 Å². The third kappa shape index (κ3) is 2.55. The number of hydrogen-bond donors (Lipinski definition) is 0. The molecule has 1 heterocycles. The minimum Gasteiger partial charge on any atom is -0.468 e. The smallest absolute Gasteiger partial charge is 0.326 e. The molecule has 0 aliphatic carbocycles. The Hall–Kier alpha value is -2.84. The summed E-state index contributed by atoms with van der Waals surface area (Å²) in [5.74, 6) is 1.06. The van der Waals surface area contributed by atoms with Crippen LogP contribution in [0.3, 0.4) is 0 Å². The maximum atomic E-state index is 12.6. The van der Waals surface area contributed by atoms with E-state index >= 15 is 0 Å². The van der Waals surface area contributed by atoms with Crippen molar-refractivity contribution in [2.45, 2.75) is 18.6 Å². The number of carbonyl (C=O) groups is 2. The van der Waals surface area contributed by atoms with Gasteiger partial charge in [0.25, 0.3) is 0 Å². The number of fused-ring (bicyclic) bond motifs is 1. The van der Waals surface area contributed by atoms with E-state index in [1.165, 1.54) is 14.2 Å². The van der Waals surface area contributed by atoms with Crippen LogP contribution in [0.4, 0.5) is 0 Å². The van der Waals surface area contributed by atoms with E-state index in [1.807, 2.05) is 42.5 Å². The number of rotatable bonds is 3. The minimum atomic E-state index is -1.63. The molecule has 0 spiro atoms. The van der Waals surface area contributed by atoms with Crippen LogP contribution in [0.5, 0.6) is 0 Å². The summed E-state index contributed by atoms with van der Waals surface area (Å²) in [6, 6.07) is 13.3. The van der Waals surface area contributed by atoms with Crippen molar-refractivity contribution in [3.63, 3.8) is 0 Å². The molecule has 25 heavy (non-hydrogen) atoms. The topological polar surface area (TPSA) is 61.8 Å². The van der Waals surface area contributed by atoms with E-state index in [9.17, 15) is 9.59 Å². The maximum absolute atomic E-state index is 12.6. The Morgan fingerprint density at radius 1 is 1.12 bits per heavy atom. The standard InChI is InChI=1S/C20H18O5/c1-4-14-12-20(18(21)23-2,19(22)24-3)17(25-14)16-11-7-9-13-8-5-6-10-15(13)16/h1,5-11,14,17H,12H2,2-3H3/t14-,17-/m1/s1. The highest BCUT2D eigenvalue weighted by Gasteiger charge is 2.62. The van der Waals surface area contributed by atoms with Crippen LogP contribution in [0, 0.1) is 17.8 Å². The van der Waals surface area contributed by atoms with Gasteiger partial charge in [-0.15, -0.1) is 6.42 Å². The summed E-state index contributed by atoms with van der Waals surface area (Å²) in [4.78, 5) is 25.3. The third-order valence-corrected chi connectivity index (χ3v) is 4.65. The van der Waals surface area contributed by atoms with Crippen LogP contribution in [0.15, 0.2) is 42.5 Å². The van der Waals surface area contributed by atoms with E-state index in [0.29, 0.717) is 5.56 Å². The van der Waals surface area contributed by atoms with Crippen LogP contribution in [0.25, 0.3) is 10.8 Å². The number of esters is 2. The second-order valence-electron chi connectivity index (χ2n) is 5.90. The fraction of sp³-hybridized carbons (Fsp3) is 0.300. The van der Waals surface area contributed by atoms with Gasteiger partial charge in [-0.2, -0.15) is 0 Å². The number of methoxy groups -OCH3 is 2. The quantitative estimate of drug-likeness (QED) is 0.489. The summed E-state index contributed by atoms with van der Waals surface area (Å²) in [6.07, 6.45) is 3.94. The van der Waals surface area contributed by atoms with Crippen molar-refractivity contribution in [1.29, 1.82) is 0 Å². The fourth-order valence-corrected chi connectivity index (χ4v) is 3.47. The molecule has 1 aliphatic heterocycles. The molecule has 1 saturated heterocycles. The summed E-state index contributed by atoms with van der Waals surface area (Å²) in [5, 5.41) is 1.85. The lowest BCUT2D eigenvalue weighted by molar-refractivity contribution is -0.173. The van der Waals surface area contributed by atoms with E-state index in [1.54, 1.807) is 0 Å². The highest BCUT2D eigenvalue weighted by Crippen LogP contribution is 2.51. The third-order valence-electron chi connectivity index (χ3n) is 4.65. The molecule has 1 aliphatic rings. The first-order valence-electron chi connectivity index (χ1n) is 7.84. The Morgan fingerprint density at radius 2 is 1.76 bits per heavy atom. The Morgan fingerprint density at radius 3 is 2.40 bits per heavy atom. The summed E-state index contributed by atoms with van der Waals surface area (Å²) < 4.78 is 15.8. The molecule has 2 aromatic rings. The van der Waals surface area contributed by atoms with E-state index in [4.69, 9.17) is 20.6 Å². The molecule has 5 nitrogen and oxygen atoms in total. The van der Waals surface area contributed by atoms with E-state index in [0.717, 1.165) is 10.8 Å². The SMILES string of the molecule is C#C[C@@H]1CC(C(=O)OC)(C(=O)OC)[C@@H](c2cccc3ccccc23)O1. The van der Waals surface area contributed by atoms with Crippen LogP contribution in [0.1, 0.15) is 18.1 Å². The van der Waals surface area contributed by atoms with Gasteiger partial charge in [0.2, 0.25) is 0 Å². The molecule has 0 N–H and O–H groups in total. The fourth-order valence-electron chi connectivity index (χ4n) is 3.47. The van der Waals surface area contributed by atoms with Gasteiger partial charge in [-0.1, -0.05) is 48.4 Å². The Labute approximate surface area is 145 Å². The highest BCUT2D eigenvalue weighted by atomic mass is 16.6. The van der Waals surface area contributed by atoms with Gasteiger partial charge >= 0.3 is 11.9 Å². The molecule has 2 atom stereocenters. The predicted molar refractivity (Wildman–Crippen MR) is 91.5 cm³/mol. The lowest BCUT2D eigenvalue weighted by Crippen LogP contribution is -2.43. The van der Waals surface area contributed by atoms with Crippen molar-refractivity contribution in [1.82, 2.24) is 0 Å². The van der Waals surface area contributed by atoms with Crippen LogP contribution in [-0.4, -0.2) is 32.3 Å². The normalized spacial score (nSPS) is 21.5. The van der Waals surface area contributed by atoms with Gasteiger partial charge in [0.05, 0.1) is 14.2 Å². The van der Waals surface area contributed by atoms with Crippen molar-refractivity contribution >= 4 is 22.7 Å². The lowest BCUT2D eigenvalue weighted by Gasteiger charge is -2.29. The van der Waals surface area contributed by atoms with E-state index in [-0.39, 0.29) is 6.42 Å². The van der Waals surface area contributed by atoms with E-state index in [2.05, 4.69) is 5.92 Å². The Bertz CT molecular complexity index is 843. The van der Waals surface area contributed by atoms with Crippen molar-refractivity contribution in [3.8, 4) is 12.3 Å². The van der Waals surface area contributed by atoms with Crippen LogP contribution < -0.4 is 0 Å². The first-order valence-corrected chi connectivity index (χ1v) is 7.84. The molecule has 0 radical (unpaired) electrons. The summed E-state index contributed by atoms with van der Waals surface area (Å²) in [6.45, 7) is 0. The molecule has 0 unspecified atom stereocenters. The van der Waals surface area contributed by atoms with Gasteiger partial charge in [-0.05, 0) is 16.3 Å². The zero-order chi connectivity index (χ0) is 18.0. The maximum Gasteiger partial charge on any atom is 0.326 e. The first-order chi connectivity index (χ1) is 12.1. The zero-order valence-corrected chi connectivity index (χ0v) is 14.0.